The number of nitrogens with two attached hydrogens (primary N) is 1. The monoisotopic (exact) mass is 301 g/mol. The molecule has 0 aliphatic carbocycles. The fourth-order valence-electron chi connectivity index (χ4n) is 2.08. The lowest BCUT2D eigenvalue weighted by atomic mass is 9.89. The van der Waals surface area contributed by atoms with Crippen molar-refractivity contribution in [2.24, 2.45) is 11.1 Å². The average Bonchev–Trinajstić information content (AvgIpc) is 2.76. The highest BCUT2D eigenvalue weighted by Gasteiger charge is 2.41. The first-order valence-corrected chi connectivity index (χ1v) is 6.49. The van der Waals surface area contributed by atoms with E-state index < -0.39 is 11.3 Å². The summed E-state index contributed by atoms with van der Waals surface area (Å²) >= 11 is 11.7. The van der Waals surface area contributed by atoms with Crippen LogP contribution in [0.1, 0.15) is 23.7 Å². The fraction of sp³-hybridized carbons (Fsp3) is 0.417. The van der Waals surface area contributed by atoms with Gasteiger partial charge in [0.15, 0.2) is 0 Å². The van der Waals surface area contributed by atoms with E-state index in [4.69, 9.17) is 28.9 Å². The van der Waals surface area contributed by atoms with Crippen molar-refractivity contribution in [2.45, 2.75) is 13.3 Å². The van der Waals surface area contributed by atoms with E-state index >= 15 is 0 Å². The van der Waals surface area contributed by atoms with Crippen LogP contribution in [0.5, 0.6) is 0 Å². The molecule has 1 aromatic heterocycles. The van der Waals surface area contributed by atoms with E-state index in [0.29, 0.717) is 13.0 Å². The van der Waals surface area contributed by atoms with Crippen LogP contribution in [0.25, 0.3) is 0 Å². The van der Waals surface area contributed by atoms with Gasteiger partial charge in [-0.15, -0.1) is 0 Å². The molecule has 1 atom stereocenters. The predicted molar refractivity (Wildman–Crippen MR) is 72.1 cm³/mol. The third-order valence-corrected chi connectivity index (χ3v) is 3.92. The number of carbonyl (C=O) groups excluding carboxylic acids is 2. The lowest BCUT2D eigenvalue weighted by molar-refractivity contribution is -0.126. The van der Waals surface area contributed by atoms with Gasteiger partial charge in [0, 0.05) is 19.3 Å². The van der Waals surface area contributed by atoms with E-state index in [2.05, 4.69) is 4.98 Å². The van der Waals surface area contributed by atoms with Crippen LogP contribution in [0.4, 0.5) is 0 Å². The highest BCUT2D eigenvalue weighted by molar-refractivity contribution is 6.35. The van der Waals surface area contributed by atoms with Gasteiger partial charge >= 0.3 is 0 Å². The Morgan fingerprint density at radius 3 is 2.74 bits per heavy atom. The number of aromatic nitrogens is 1. The molecule has 2 N–H and O–H groups in total. The summed E-state index contributed by atoms with van der Waals surface area (Å²) in [5.41, 5.74) is 4.96. The van der Waals surface area contributed by atoms with E-state index in [-0.39, 0.29) is 28.2 Å². The Hall–Kier alpha value is -1.33. The summed E-state index contributed by atoms with van der Waals surface area (Å²) in [6.07, 6.45) is 1.88. The van der Waals surface area contributed by atoms with Gasteiger partial charge in [-0.3, -0.25) is 9.59 Å². The number of amides is 2. The average molecular weight is 302 g/mol. The van der Waals surface area contributed by atoms with Crippen LogP contribution in [-0.4, -0.2) is 34.8 Å². The van der Waals surface area contributed by atoms with E-state index in [1.54, 1.807) is 11.8 Å². The van der Waals surface area contributed by atoms with Gasteiger partial charge in [0.1, 0.15) is 5.15 Å². The van der Waals surface area contributed by atoms with Crippen LogP contribution in [0.15, 0.2) is 12.3 Å². The topological polar surface area (TPSA) is 76.3 Å². The zero-order valence-corrected chi connectivity index (χ0v) is 11.8. The third kappa shape index (κ3) is 2.67. The lowest BCUT2D eigenvalue weighted by Gasteiger charge is -2.21. The van der Waals surface area contributed by atoms with E-state index in [9.17, 15) is 9.59 Å². The summed E-state index contributed by atoms with van der Waals surface area (Å²) in [7, 11) is 0. The molecular weight excluding hydrogens is 289 g/mol. The van der Waals surface area contributed by atoms with Crippen molar-refractivity contribution >= 4 is 35.0 Å². The van der Waals surface area contributed by atoms with E-state index in [0.717, 1.165) is 0 Å². The standard InChI is InChI=1S/C12H13Cl2N3O2/c1-12(11(15)19)2-3-17(6-12)10(18)7-4-9(14)16-5-8(7)13/h4-5H,2-3,6H2,1H3,(H2,15,19). The number of halogens is 2. The minimum absolute atomic E-state index is 0.199. The second kappa shape index (κ2) is 4.98. The Kier molecular flexibility index (Phi) is 3.69. The maximum absolute atomic E-state index is 12.3. The zero-order chi connectivity index (χ0) is 14.2. The smallest absolute Gasteiger partial charge is 0.255 e. The molecule has 1 fully saturated rings. The van der Waals surface area contributed by atoms with Gasteiger partial charge in [0.25, 0.3) is 5.91 Å². The molecule has 5 nitrogen and oxygen atoms in total. The molecule has 2 rings (SSSR count). The van der Waals surface area contributed by atoms with Gasteiger partial charge < -0.3 is 10.6 Å². The molecule has 0 spiro atoms. The minimum Gasteiger partial charge on any atom is -0.369 e. The van der Waals surface area contributed by atoms with Crippen LogP contribution in [0.2, 0.25) is 10.2 Å². The van der Waals surface area contributed by atoms with Crippen molar-refractivity contribution in [3.63, 3.8) is 0 Å². The number of pyridine rings is 1. The summed E-state index contributed by atoms with van der Waals surface area (Å²) in [4.78, 5) is 29.1. The third-order valence-electron chi connectivity index (χ3n) is 3.41. The molecule has 0 radical (unpaired) electrons. The van der Waals surface area contributed by atoms with Crippen molar-refractivity contribution in [1.29, 1.82) is 0 Å². The largest absolute Gasteiger partial charge is 0.369 e. The van der Waals surface area contributed by atoms with Gasteiger partial charge in [0.2, 0.25) is 5.91 Å². The van der Waals surface area contributed by atoms with Crippen molar-refractivity contribution < 1.29 is 9.59 Å². The molecule has 7 heteroatoms. The summed E-state index contributed by atoms with van der Waals surface area (Å²) in [5, 5.41) is 0.437. The van der Waals surface area contributed by atoms with E-state index in [1.807, 2.05) is 0 Å². The second-order valence-electron chi connectivity index (χ2n) is 4.89. The Morgan fingerprint density at radius 1 is 1.47 bits per heavy atom. The molecule has 0 aromatic carbocycles. The highest BCUT2D eigenvalue weighted by atomic mass is 35.5. The predicted octanol–water partition coefficient (Wildman–Crippen LogP) is 1.73. The first kappa shape index (κ1) is 14.1. The van der Waals surface area contributed by atoms with Gasteiger partial charge in [-0.2, -0.15) is 0 Å². The van der Waals surface area contributed by atoms with Crippen LogP contribution in [0.3, 0.4) is 0 Å². The maximum atomic E-state index is 12.3. The number of hydrogen-bond donors (Lipinski definition) is 1. The summed E-state index contributed by atoms with van der Waals surface area (Å²) < 4.78 is 0. The lowest BCUT2D eigenvalue weighted by Crippen LogP contribution is -2.38. The van der Waals surface area contributed by atoms with E-state index in [1.165, 1.54) is 12.3 Å². The Labute approximate surface area is 120 Å². The fourth-order valence-corrected chi connectivity index (χ4v) is 2.43. The number of nitrogens with zero attached hydrogens (tertiary/aromatic N) is 2. The Bertz CT molecular complexity index is 550. The summed E-state index contributed by atoms with van der Waals surface area (Å²) in [5.74, 6) is -0.666. The van der Waals surface area contributed by atoms with Crippen molar-refractivity contribution in [2.75, 3.05) is 13.1 Å². The van der Waals surface area contributed by atoms with Crippen LogP contribution >= 0.6 is 23.2 Å². The highest BCUT2D eigenvalue weighted by Crippen LogP contribution is 2.31. The van der Waals surface area contributed by atoms with Crippen LogP contribution in [0, 0.1) is 5.41 Å². The SMILES string of the molecule is CC1(C(N)=O)CCN(C(=O)c2cc(Cl)ncc2Cl)C1. The summed E-state index contributed by atoms with van der Waals surface area (Å²) in [6, 6.07) is 1.42. The molecule has 2 heterocycles. The molecule has 1 saturated heterocycles. The van der Waals surface area contributed by atoms with Crippen molar-refractivity contribution in [1.82, 2.24) is 9.88 Å². The summed E-state index contributed by atoms with van der Waals surface area (Å²) in [6.45, 7) is 2.51. The number of primary amides is 1. The Balaban J connectivity index is 2.22. The zero-order valence-electron chi connectivity index (χ0n) is 10.3. The molecule has 0 bridgehead atoms. The first-order chi connectivity index (χ1) is 8.83. The molecule has 1 aromatic rings. The molecule has 1 unspecified atom stereocenters. The molecule has 2 amide bonds. The van der Waals surface area contributed by atoms with Crippen LogP contribution < -0.4 is 5.73 Å². The van der Waals surface area contributed by atoms with Gasteiger partial charge in [0.05, 0.1) is 16.0 Å². The molecule has 0 saturated carbocycles. The Morgan fingerprint density at radius 2 is 2.16 bits per heavy atom. The van der Waals surface area contributed by atoms with Crippen LogP contribution in [-0.2, 0) is 4.79 Å². The number of likely N-dealkylation sites (tertiary alicyclic amines) is 1. The quantitative estimate of drug-likeness (QED) is 0.845. The van der Waals surface area contributed by atoms with Gasteiger partial charge in [-0.1, -0.05) is 23.2 Å². The van der Waals surface area contributed by atoms with Gasteiger partial charge in [-0.05, 0) is 19.4 Å². The maximum Gasteiger partial charge on any atom is 0.255 e. The van der Waals surface area contributed by atoms with Gasteiger partial charge in [-0.25, -0.2) is 4.98 Å². The molecular formula is C12H13Cl2N3O2. The molecule has 19 heavy (non-hydrogen) atoms. The second-order valence-corrected chi connectivity index (χ2v) is 5.68. The van der Waals surface area contributed by atoms with Crippen molar-refractivity contribution in [3.05, 3.63) is 28.0 Å². The normalized spacial score (nSPS) is 22.6. The first-order valence-electron chi connectivity index (χ1n) is 5.74. The number of carbonyl (C=O) groups is 2. The molecule has 102 valence electrons. The number of rotatable bonds is 2. The minimum atomic E-state index is -0.682. The number of hydrogen-bond acceptors (Lipinski definition) is 3. The van der Waals surface area contributed by atoms with Crippen molar-refractivity contribution in [3.8, 4) is 0 Å². The molecule has 1 aliphatic rings. The molecule has 1 aliphatic heterocycles.